The Morgan fingerprint density at radius 3 is 2.16 bits per heavy atom. The molecule has 2 aliphatic carbocycles. The summed E-state index contributed by atoms with van der Waals surface area (Å²) in [4.78, 5) is 29.7. The van der Waals surface area contributed by atoms with Crippen molar-refractivity contribution in [3.63, 3.8) is 0 Å². The van der Waals surface area contributed by atoms with Gasteiger partial charge in [0.15, 0.2) is 0 Å². The SMILES string of the molecule is CO[C@H](C(=O)N1C[C@H](C)N(C(C)=O)C2CCCCC21)C1CCCCC1. The van der Waals surface area contributed by atoms with Crippen molar-refractivity contribution in [2.45, 2.75) is 95.9 Å². The number of carbonyl (C=O) groups excluding carboxylic acids is 2. The molecule has 0 radical (unpaired) electrons. The molecular formula is C20H34N2O3. The van der Waals surface area contributed by atoms with Crippen molar-refractivity contribution in [1.29, 1.82) is 0 Å². The molecule has 0 bridgehead atoms. The Morgan fingerprint density at radius 2 is 1.56 bits per heavy atom. The molecule has 2 unspecified atom stereocenters. The molecule has 4 atom stereocenters. The summed E-state index contributed by atoms with van der Waals surface area (Å²) in [5, 5.41) is 0. The van der Waals surface area contributed by atoms with Crippen molar-refractivity contribution in [3.05, 3.63) is 0 Å². The van der Waals surface area contributed by atoms with Gasteiger partial charge >= 0.3 is 0 Å². The van der Waals surface area contributed by atoms with Gasteiger partial charge in [0, 0.05) is 26.6 Å². The Labute approximate surface area is 152 Å². The van der Waals surface area contributed by atoms with E-state index in [9.17, 15) is 9.59 Å². The topological polar surface area (TPSA) is 49.9 Å². The van der Waals surface area contributed by atoms with E-state index in [4.69, 9.17) is 4.74 Å². The third-order valence-electron chi connectivity index (χ3n) is 6.61. The lowest BCUT2D eigenvalue weighted by atomic mass is 9.82. The van der Waals surface area contributed by atoms with Crippen molar-refractivity contribution in [3.8, 4) is 0 Å². The number of hydrogen-bond donors (Lipinski definition) is 0. The van der Waals surface area contributed by atoms with Crippen molar-refractivity contribution < 1.29 is 14.3 Å². The molecule has 0 aromatic heterocycles. The van der Waals surface area contributed by atoms with Gasteiger partial charge in [0.1, 0.15) is 6.10 Å². The zero-order chi connectivity index (χ0) is 18.0. The van der Waals surface area contributed by atoms with Gasteiger partial charge in [-0.25, -0.2) is 0 Å². The van der Waals surface area contributed by atoms with E-state index >= 15 is 0 Å². The lowest BCUT2D eigenvalue weighted by Crippen LogP contribution is -2.67. The molecule has 5 nitrogen and oxygen atoms in total. The van der Waals surface area contributed by atoms with E-state index in [1.54, 1.807) is 14.0 Å². The van der Waals surface area contributed by atoms with Gasteiger partial charge in [-0.15, -0.1) is 0 Å². The zero-order valence-corrected chi connectivity index (χ0v) is 16.1. The summed E-state index contributed by atoms with van der Waals surface area (Å²) in [6.45, 7) is 4.39. The van der Waals surface area contributed by atoms with E-state index in [-0.39, 0.29) is 36.0 Å². The third-order valence-corrected chi connectivity index (χ3v) is 6.61. The van der Waals surface area contributed by atoms with Crippen LogP contribution in [0.5, 0.6) is 0 Å². The van der Waals surface area contributed by atoms with Gasteiger partial charge in [0.2, 0.25) is 5.91 Å². The molecule has 0 aromatic carbocycles. The molecule has 1 aliphatic heterocycles. The molecule has 1 saturated heterocycles. The van der Waals surface area contributed by atoms with Crippen LogP contribution in [0.4, 0.5) is 0 Å². The maximum Gasteiger partial charge on any atom is 0.252 e. The highest BCUT2D eigenvalue weighted by atomic mass is 16.5. The summed E-state index contributed by atoms with van der Waals surface area (Å²) < 4.78 is 5.72. The number of amides is 2. The molecule has 3 aliphatic rings. The van der Waals surface area contributed by atoms with Crippen molar-refractivity contribution in [1.82, 2.24) is 9.80 Å². The molecule has 1 heterocycles. The Morgan fingerprint density at radius 1 is 0.960 bits per heavy atom. The number of piperazine rings is 1. The number of methoxy groups -OCH3 is 1. The van der Waals surface area contributed by atoms with Crippen molar-refractivity contribution >= 4 is 11.8 Å². The molecule has 142 valence electrons. The summed E-state index contributed by atoms with van der Waals surface area (Å²) >= 11 is 0. The minimum Gasteiger partial charge on any atom is -0.371 e. The molecule has 0 N–H and O–H groups in total. The van der Waals surface area contributed by atoms with E-state index in [1.165, 1.54) is 19.3 Å². The second-order valence-electron chi connectivity index (χ2n) is 8.24. The summed E-state index contributed by atoms with van der Waals surface area (Å²) in [5.41, 5.74) is 0. The number of carbonyl (C=O) groups is 2. The Bertz CT molecular complexity index is 489. The predicted octanol–water partition coefficient (Wildman–Crippen LogP) is 2.97. The van der Waals surface area contributed by atoms with Crippen LogP contribution in [0, 0.1) is 5.92 Å². The van der Waals surface area contributed by atoms with E-state index in [1.807, 2.05) is 4.90 Å². The van der Waals surface area contributed by atoms with E-state index in [0.29, 0.717) is 12.5 Å². The van der Waals surface area contributed by atoms with Crippen LogP contribution in [-0.4, -0.2) is 59.5 Å². The van der Waals surface area contributed by atoms with Crippen LogP contribution in [0.3, 0.4) is 0 Å². The number of ether oxygens (including phenoxy) is 1. The van der Waals surface area contributed by atoms with Crippen LogP contribution in [0.25, 0.3) is 0 Å². The fourth-order valence-electron chi connectivity index (χ4n) is 5.51. The summed E-state index contributed by atoms with van der Waals surface area (Å²) in [6, 6.07) is 0.440. The maximum atomic E-state index is 13.4. The quantitative estimate of drug-likeness (QED) is 0.786. The van der Waals surface area contributed by atoms with Gasteiger partial charge in [-0.1, -0.05) is 32.1 Å². The van der Waals surface area contributed by atoms with Gasteiger partial charge < -0.3 is 14.5 Å². The molecule has 2 amide bonds. The second-order valence-corrected chi connectivity index (χ2v) is 8.24. The van der Waals surface area contributed by atoms with Crippen molar-refractivity contribution in [2.24, 2.45) is 5.92 Å². The summed E-state index contributed by atoms with van der Waals surface area (Å²) in [7, 11) is 1.69. The smallest absolute Gasteiger partial charge is 0.252 e. The lowest BCUT2D eigenvalue weighted by molar-refractivity contribution is -0.162. The van der Waals surface area contributed by atoms with Gasteiger partial charge in [0.05, 0.1) is 12.1 Å². The fourth-order valence-corrected chi connectivity index (χ4v) is 5.51. The Kier molecular flexibility index (Phi) is 6.03. The molecule has 25 heavy (non-hydrogen) atoms. The number of hydrogen-bond acceptors (Lipinski definition) is 3. The third kappa shape index (κ3) is 3.71. The monoisotopic (exact) mass is 350 g/mol. The fraction of sp³-hybridized carbons (Fsp3) is 0.900. The average Bonchev–Trinajstić information content (AvgIpc) is 2.62. The molecule has 2 saturated carbocycles. The number of rotatable bonds is 3. The Balaban J connectivity index is 1.79. The van der Waals surface area contributed by atoms with Gasteiger partial charge in [-0.2, -0.15) is 0 Å². The normalized spacial score (nSPS) is 32.2. The van der Waals surface area contributed by atoms with Gasteiger partial charge in [-0.3, -0.25) is 9.59 Å². The number of nitrogens with zero attached hydrogens (tertiary/aromatic N) is 2. The standard InChI is InChI=1S/C20H34N2O3/c1-14-13-21(17-11-7-8-12-18(17)22(14)15(2)23)20(24)19(25-3)16-9-5-4-6-10-16/h14,16-19H,4-13H2,1-3H3/t14-,17?,18?,19-/m0/s1. The first kappa shape index (κ1) is 18.7. The molecule has 5 heteroatoms. The van der Waals surface area contributed by atoms with E-state index in [2.05, 4.69) is 11.8 Å². The molecule has 3 fully saturated rings. The van der Waals surface area contributed by atoms with Crippen LogP contribution in [0.2, 0.25) is 0 Å². The van der Waals surface area contributed by atoms with Crippen LogP contribution < -0.4 is 0 Å². The van der Waals surface area contributed by atoms with Crippen LogP contribution in [0.1, 0.15) is 71.6 Å². The van der Waals surface area contributed by atoms with Crippen LogP contribution in [-0.2, 0) is 14.3 Å². The molecule has 3 rings (SSSR count). The Hall–Kier alpha value is -1.10. The predicted molar refractivity (Wildman–Crippen MR) is 97.1 cm³/mol. The largest absolute Gasteiger partial charge is 0.371 e. The minimum absolute atomic E-state index is 0.0876. The first-order valence-electron chi connectivity index (χ1n) is 10.2. The number of fused-ring (bicyclic) bond motifs is 1. The molecule has 0 aromatic rings. The lowest BCUT2D eigenvalue weighted by Gasteiger charge is -2.53. The highest BCUT2D eigenvalue weighted by Crippen LogP contribution is 2.35. The van der Waals surface area contributed by atoms with Crippen molar-refractivity contribution in [2.75, 3.05) is 13.7 Å². The molecule has 0 spiro atoms. The highest BCUT2D eigenvalue weighted by Gasteiger charge is 2.46. The van der Waals surface area contributed by atoms with Gasteiger partial charge in [0.25, 0.3) is 5.91 Å². The summed E-state index contributed by atoms with van der Waals surface area (Å²) in [5.74, 6) is 0.669. The summed E-state index contributed by atoms with van der Waals surface area (Å²) in [6.07, 6.45) is 9.90. The van der Waals surface area contributed by atoms with Crippen LogP contribution in [0.15, 0.2) is 0 Å². The van der Waals surface area contributed by atoms with E-state index < -0.39 is 0 Å². The second kappa shape index (κ2) is 8.07. The van der Waals surface area contributed by atoms with Crippen LogP contribution >= 0.6 is 0 Å². The minimum atomic E-state index is -0.307. The first-order chi connectivity index (χ1) is 12.0. The zero-order valence-electron chi connectivity index (χ0n) is 16.1. The maximum absolute atomic E-state index is 13.4. The van der Waals surface area contributed by atoms with E-state index in [0.717, 1.165) is 38.5 Å². The molecular weight excluding hydrogens is 316 g/mol. The first-order valence-corrected chi connectivity index (χ1v) is 10.2. The van der Waals surface area contributed by atoms with Gasteiger partial charge in [-0.05, 0) is 38.5 Å². The highest BCUT2D eigenvalue weighted by molar-refractivity contribution is 5.82. The average molecular weight is 351 g/mol.